The summed E-state index contributed by atoms with van der Waals surface area (Å²) in [6.07, 6.45) is 1.66. The average Bonchev–Trinajstić information content (AvgIpc) is 2.53. The Balaban J connectivity index is 0.000000789. The molecule has 120 valence electrons. The highest BCUT2D eigenvalue weighted by atomic mass is 16.1. The van der Waals surface area contributed by atoms with Gasteiger partial charge in [-0.1, -0.05) is 82.1 Å². The van der Waals surface area contributed by atoms with E-state index < -0.39 is 0 Å². The van der Waals surface area contributed by atoms with E-state index in [2.05, 4.69) is 19.2 Å². The Morgan fingerprint density at radius 1 is 0.909 bits per heavy atom. The van der Waals surface area contributed by atoms with E-state index in [-0.39, 0.29) is 5.91 Å². The van der Waals surface area contributed by atoms with Crippen molar-refractivity contribution in [2.45, 2.75) is 47.5 Å². The van der Waals surface area contributed by atoms with Gasteiger partial charge in [0.25, 0.3) is 0 Å². The number of hydrogen-bond donors (Lipinski definition) is 1. The Labute approximate surface area is 135 Å². The minimum atomic E-state index is 0.0139. The zero-order chi connectivity index (χ0) is 16.8. The van der Waals surface area contributed by atoms with Crippen LogP contribution in [0.4, 0.5) is 5.69 Å². The first-order chi connectivity index (χ1) is 10.7. The fourth-order valence-corrected chi connectivity index (χ4v) is 1.62. The molecule has 0 radical (unpaired) electrons. The summed E-state index contributed by atoms with van der Waals surface area (Å²) < 4.78 is 0. The van der Waals surface area contributed by atoms with E-state index in [0.29, 0.717) is 6.42 Å². The number of hydrogen-bond acceptors (Lipinski definition) is 1. The third-order valence-corrected chi connectivity index (χ3v) is 2.54. The highest BCUT2D eigenvalue weighted by molar-refractivity contribution is 5.92. The summed E-state index contributed by atoms with van der Waals surface area (Å²) in [5.74, 6) is 0.0139. The van der Waals surface area contributed by atoms with Gasteiger partial charge >= 0.3 is 0 Å². The third-order valence-electron chi connectivity index (χ3n) is 2.54. The Bertz CT molecular complexity index is 503. The lowest BCUT2D eigenvalue weighted by atomic mass is 10.1. The Kier molecular flexibility index (Phi) is 11.4. The first kappa shape index (κ1) is 19.9. The fraction of sp³-hybridized carbons (Fsp3) is 0.350. The molecule has 0 aromatic heterocycles. The zero-order valence-corrected chi connectivity index (χ0v) is 14.5. The molecule has 2 rings (SSSR count). The second-order valence-electron chi connectivity index (χ2n) is 4.78. The molecule has 0 aliphatic heterocycles. The van der Waals surface area contributed by atoms with E-state index in [1.54, 1.807) is 0 Å². The molecule has 2 heteroatoms. The smallest absolute Gasteiger partial charge is 0.228 e. The molecule has 0 aliphatic carbocycles. The van der Waals surface area contributed by atoms with Crippen LogP contribution in [-0.4, -0.2) is 5.91 Å². The van der Waals surface area contributed by atoms with Gasteiger partial charge in [0.05, 0.1) is 6.42 Å². The van der Waals surface area contributed by atoms with Crippen molar-refractivity contribution in [2.75, 3.05) is 5.32 Å². The van der Waals surface area contributed by atoms with Crippen LogP contribution in [0.3, 0.4) is 0 Å². The summed E-state index contributed by atoms with van der Waals surface area (Å²) in [5, 5.41) is 2.88. The molecular formula is C20H29NO. The predicted octanol–water partition coefficient (Wildman–Crippen LogP) is 5.62. The van der Waals surface area contributed by atoms with Crippen molar-refractivity contribution in [2.24, 2.45) is 0 Å². The third kappa shape index (κ3) is 8.96. The van der Waals surface area contributed by atoms with Gasteiger partial charge in [-0.25, -0.2) is 0 Å². The van der Waals surface area contributed by atoms with Crippen LogP contribution in [0, 0.1) is 6.92 Å². The molecule has 22 heavy (non-hydrogen) atoms. The van der Waals surface area contributed by atoms with E-state index in [1.807, 2.05) is 75.4 Å². The van der Waals surface area contributed by atoms with Crippen molar-refractivity contribution in [3.05, 3.63) is 65.7 Å². The molecule has 0 aliphatic rings. The second kappa shape index (κ2) is 12.6. The molecule has 0 atom stereocenters. The maximum Gasteiger partial charge on any atom is 0.228 e. The van der Waals surface area contributed by atoms with E-state index >= 15 is 0 Å². The van der Waals surface area contributed by atoms with Gasteiger partial charge in [-0.2, -0.15) is 0 Å². The van der Waals surface area contributed by atoms with Crippen LogP contribution in [0.1, 0.15) is 45.2 Å². The molecule has 0 unspecified atom stereocenters. The molecule has 0 spiro atoms. The standard InChI is InChI=1S/C15H15NO.C3H8.C2H6/c1-12-7-9-14(10-8-12)16-15(17)11-13-5-3-2-4-6-13;1-3-2;1-2/h2-10H,11H2,1H3,(H,16,17);3H2,1-2H3;1-2H3. The minimum Gasteiger partial charge on any atom is -0.326 e. The molecule has 0 saturated heterocycles. The van der Waals surface area contributed by atoms with Crippen molar-refractivity contribution < 1.29 is 4.79 Å². The summed E-state index contributed by atoms with van der Waals surface area (Å²) in [6.45, 7) is 10.3. The first-order valence-electron chi connectivity index (χ1n) is 8.06. The van der Waals surface area contributed by atoms with Crippen LogP contribution < -0.4 is 5.32 Å². The van der Waals surface area contributed by atoms with Crippen molar-refractivity contribution in [3.63, 3.8) is 0 Å². The summed E-state index contributed by atoms with van der Waals surface area (Å²) >= 11 is 0. The van der Waals surface area contributed by atoms with E-state index in [4.69, 9.17) is 0 Å². The second-order valence-corrected chi connectivity index (χ2v) is 4.78. The SMILES string of the molecule is CC.CCC.Cc1ccc(NC(=O)Cc2ccccc2)cc1. The van der Waals surface area contributed by atoms with E-state index in [0.717, 1.165) is 11.3 Å². The Hall–Kier alpha value is -2.09. The maximum absolute atomic E-state index is 11.8. The van der Waals surface area contributed by atoms with Gasteiger partial charge in [0.15, 0.2) is 0 Å². The number of carbonyl (C=O) groups is 1. The molecule has 1 amide bonds. The first-order valence-corrected chi connectivity index (χ1v) is 8.06. The molecular weight excluding hydrogens is 270 g/mol. The van der Waals surface area contributed by atoms with Crippen molar-refractivity contribution in [1.82, 2.24) is 0 Å². The van der Waals surface area contributed by atoms with Crippen LogP contribution in [0.15, 0.2) is 54.6 Å². The Morgan fingerprint density at radius 3 is 1.91 bits per heavy atom. The highest BCUT2D eigenvalue weighted by Gasteiger charge is 2.03. The minimum absolute atomic E-state index is 0.0139. The van der Waals surface area contributed by atoms with Crippen LogP contribution >= 0.6 is 0 Å². The Morgan fingerprint density at radius 2 is 1.41 bits per heavy atom. The molecule has 0 heterocycles. The number of amides is 1. The molecule has 0 bridgehead atoms. The topological polar surface area (TPSA) is 29.1 Å². The van der Waals surface area contributed by atoms with Gasteiger partial charge in [0, 0.05) is 5.69 Å². The lowest BCUT2D eigenvalue weighted by molar-refractivity contribution is -0.115. The summed E-state index contributed by atoms with van der Waals surface area (Å²) in [5.41, 5.74) is 3.06. The number of aryl methyl sites for hydroxylation is 1. The van der Waals surface area contributed by atoms with Crippen molar-refractivity contribution >= 4 is 11.6 Å². The summed E-state index contributed by atoms with van der Waals surface area (Å²) in [7, 11) is 0. The average molecular weight is 299 g/mol. The maximum atomic E-state index is 11.8. The number of nitrogens with one attached hydrogen (secondary N) is 1. The molecule has 2 nitrogen and oxygen atoms in total. The number of benzene rings is 2. The number of carbonyl (C=O) groups excluding carboxylic acids is 1. The highest BCUT2D eigenvalue weighted by Crippen LogP contribution is 2.09. The molecule has 2 aromatic rings. The van der Waals surface area contributed by atoms with Crippen LogP contribution in [0.2, 0.25) is 0 Å². The zero-order valence-electron chi connectivity index (χ0n) is 14.5. The number of rotatable bonds is 3. The van der Waals surface area contributed by atoms with E-state index in [9.17, 15) is 4.79 Å². The van der Waals surface area contributed by atoms with Crippen LogP contribution in [0.25, 0.3) is 0 Å². The quantitative estimate of drug-likeness (QED) is 0.783. The molecule has 2 aromatic carbocycles. The van der Waals surface area contributed by atoms with Crippen molar-refractivity contribution in [3.8, 4) is 0 Å². The largest absolute Gasteiger partial charge is 0.326 e. The summed E-state index contributed by atoms with van der Waals surface area (Å²) in [6, 6.07) is 17.5. The number of anilines is 1. The predicted molar refractivity (Wildman–Crippen MR) is 97.3 cm³/mol. The van der Waals surface area contributed by atoms with Gasteiger partial charge in [-0.3, -0.25) is 4.79 Å². The lowest BCUT2D eigenvalue weighted by Gasteiger charge is -2.05. The molecule has 1 N–H and O–H groups in total. The van der Waals surface area contributed by atoms with Crippen LogP contribution in [-0.2, 0) is 11.2 Å². The van der Waals surface area contributed by atoms with Gasteiger partial charge < -0.3 is 5.32 Å². The normalized spacial score (nSPS) is 8.77. The van der Waals surface area contributed by atoms with Crippen LogP contribution in [0.5, 0.6) is 0 Å². The monoisotopic (exact) mass is 299 g/mol. The molecule has 0 saturated carbocycles. The molecule has 0 fully saturated rings. The van der Waals surface area contributed by atoms with E-state index in [1.165, 1.54) is 12.0 Å². The summed E-state index contributed by atoms with van der Waals surface area (Å²) in [4.78, 5) is 11.8. The van der Waals surface area contributed by atoms with Gasteiger partial charge in [-0.05, 0) is 24.6 Å². The van der Waals surface area contributed by atoms with Gasteiger partial charge in [0.1, 0.15) is 0 Å². The fourth-order valence-electron chi connectivity index (χ4n) is 1.62. The van der Waals surface area contributed by atoms with Gasteiger partial charge in [0.2, 0.25) is 5.91 Å². The lowest BCUT2D eigenvalue weighted by Crippen LogP contribution is -2.14. The van der Waals surface area contributed by atoms with Crippen molar-refractivity contribution in [1.29, 1.82) is 0 Å². The van der Waals surface area contributed by atoms with Gasteiger partial charge in [-0.15, -0.1) is 0 Å².